The van der Waals surface area contributed by atoms with Crippen molar-refractivity contribution in [2.75, 3.05) is 5.73 Å². The topological polar surface area (TPSA) is 59.0 Å². The third-order valence-electron chi connectivity index (χ3n) is 3.45. The van der Waals surface area contributed by atoms with Gasteiger partial charge in [-0.1, -0.05) is 25.6 Å². The highest BCUT2D eigenvalue weighted by atomic mass is 28.3. The minimum atomic E-state index is -1.78. The highest BCUT2D eigenvalue weighted by Crippen LogP contribution is 2.36. The van der Waals surface area contributed by atoms with Gasteiger partial charge >= 0.3 is 0 Å². The molecule has 2 aromatic rings. The second kappa shape index (κ2) is 7.15. The second-order valence-electron chi connectivity index (χ2n) is 6.73. The van der Waals surface area contributed by atoms with Crippen molar-refractivity contribution in [1.82, 2.24) is 0 Å². The molecule has 0 aliphatic heterocycles. The molecule has 0 atom stereocenters. The molecule has 0 aliphatic rings. The van der Waals surface area contributed by atoms with Crippen LogP contribution in [0.1, 0.15) is 16.7 Å². The summed E-state index contributed by atoms with van der Waals surface area (Å²) in [7, 11) is -1.78. The number of ether oxygens (including phenoxy) is 1. The van der Waals surface area contributed by atoms with E-state index >= 15 is 0 Å². The Kier molecular flexibility index (Phi) is 5.34. The van der Waals surface area contributed by atoms with Gasteiger partial charge in [0.05, 0.1) is 16.8 Å². The molecule has 0 saturated carbocycles. The summed E-state index contributed by atoms with van der Waals surface area (Å²) in [5, 5.41) is 8.88. The minimum Gasteiger partial charge on any atom is -0.454 e. The Bertz CT molecular complexity index is 980. The van der Waals surface area contributed by atoms with E-state index in [0.717, 1.165) is 12.1 Å². The Morgan fingerprint density at radius 2 is 1.77 bits per heavy atom. The number of nitrogens with zero attached hydrogens (tertiary/aromatic N) is 1. The van der Waals surface area contributed by atoms with Crippen LogP contribution in [0.2, 0.25) is 19.6 Å². The van der Waals surface area contributed by atoms with Crippen LogP contribution in [-0.2, 0) is 0 Å². The van der Waals surface area contributed by atoms with Gasteiger partial charge in [0.2, 0.25) is 5.82 Å². The van der Waals surface area contributed by atoms with Crippen LogP contribution in [0.25, 0.3) is 0 Å². The Balaban J connectivity index is 2.61. The lowest BCUT2D eigenvalue weighted by atomic mass is 10.0. The highest BCUT2D eigenvalue weighted by Gasteiger charge is 2.22. The van der Waals surface area contributed by atoms with E-state index in [4.69, 9.17) is 15.7 Å². The zero-order valence-electron chi connectivity index (χ0n) is 14.8. The van der Waals surface area contributed by atoms with Gasteiger partial charge in [-0.05, 0) is 19.1 Å². The summed E-state index contributed by atoms with van der Waals surface area (Å²) in [4.78, 5) is 0. The molecule has 26 heavy (non-hydrogen) atoms. The molecule has 0 fully saturated rings. The van der Waals surface area contributed by atoms with Gasteiger partial charge in [0, 0.05) is 11.6 Å². The molecule has 0 bridgehead atoms. The van der Waals surface area contributed by atoms with Crippen LogP contribution >= 0.6 is 0 Å². The summed E-state index contributed by atoms with van der Waals surface area (Å²) in [6.07, 6.45) is 0. The molecule has 134 valence electrons. The smallest absolute Gasteiger partial charge is 0.203 e. The highest BCUT2D eigenvalue weighted by molar-refractivity contribution is 6.83. The lowest BCUT2D eigenvalue weighted by Crippen LogP contribution is -2.16. The average Bonchev–Trinajstić information content (AvgIpc) is 2.57. The van der Waals surface area contributed by atoms with Gasteiger partial charge in [0.15, 0.2) is 11.6 Å². The van der Waals surface area contributed by atoms with Crippen LogP contribution in [0.5, 0.6) is 11.5 Å². The van der Waals surface area contributed by atoms with E-state index in [-0.39, 0.29) is 28.1 Å². The molecule has 0 radical (unpaired) electrons. The lowest BCUT2D eigenvalue weighted by Gasteiger charge is -2.15. The molecule has 0 amide bonds. The quantitative estimate of drug-likeness (QED) is 0.463. The molecule has 0 heterocycles. The van der Waals surface area contributed by atoms with E-state index in [1.54, 1.807) is 6.07 Å². The van der Waals surface area contributed by atoms with Gasteiger partial charge in [-0.2, -0.15) is 9.65 Å². The fourth-order valence-corrected chi connectivity index (χ4v) is 2.61. The maximum atomic E-state index is 14.4. The standard InChI is InChI=1S/C19H17F3N2OSi/c1-11-14(7-8-26(2,3)4)18(24)16(21)17(22)19(11)25-13-5-6-15(20)12(9-13)10-23/h5-6,9H,24H2,1-4H3. The molecule has 3 nitrogen and oxygen atoms in total. The first-order chi connectivity index (χ1) is 12.0. The number of hydrogen-bond acceptors (Lipinski definition) is 3. The van der Waals surface area contributed by atoms with E-state index in [1.165, 1.54) is 13.0 Å². The van der Waals surface area contributed by atoms with Gasteiger partial charge in [-0.15, -0.1) is 5.54 Å². The number of nitrogen functional groups attached to an aromatic ring is 1. The Morgan fingerprint density at radius 1 is 1.12 bits per heavy atom. The van der Waals surface area contributed by atoms with Gasteiger partial charge in [-0.3, -0.25) is 0 Å². The zero-order valence-corrected chi connectivity index (χ0v) is 15.8. The summed E-state index contributed by atoms with van der Waals surface area (Å²) in [5.41, 5.74) is 8.49. The molecule has 0 unspecified atom stereocenters. The molecule has 2 N–H and O–H groups in total. The van der Waals surface area contributed by atoms with Crippen molar-refractivity contribution in [3.05, 3.63) is 52.3 Å². The second-order valence-corrected chi connectivity index (χ2v) is 11.5. The number of nitriles is 1. The zero-order chi connectivity index (χ0) is 19.6. The summed E-state index contributed by atoms with van der Waals surface area (Å²) < 4.78 is 47.4. The number of halogens is 3. The number of rotatable bonds is 2. The van der Waals surface area contributed by atoms with Gasteiger partial charge < -0.3 is 10.5 Å². The largest absolute Gasteiger partial charge is 0.454 e. The van der Waals surface area contributed by atoms with Crippen LogP contribution in [0, 0.1) is 47.2 Å². The summed E-state index contributed by atoms with van der Waals surface area (Å²) >= 11 is 0. The first kappa shape index (κ1) is 19.4. The van der Waals surface area contributed by atoms with Gasteiger partial charge in [0.1, 0.15) is 25.7 Å². The molecular formula is C19H17F3N2OSi. The third-order valence-corrected chi connectivity index (χ3v) is 4.33. The van der Waals surface area contributed by atoms with Crippen LogP contribution < -0.4 is 10.5 Å². The average molecular weight is 374 g/mol. The minimum absolute atomic E-state index is 0.00164. The number of anilines is 1. The predicted octanol–water partition coefficient (Wildman–Crippen LogP) is 4.89. The molecular weight excluding hydrogens is 357 g/mol. The van der Waals surface area contributed by atoms with Crippen molar-refractivity contribution in [2.24, 2.45) is 0 Å². The van der Waals surface area contributed by atoms with E-state index in [1.807, 2.05) is 19.6 Å². The monoisotopic (exact) mass is 374 g/mol. The van der Waals surface area contributed by atoms with Crippen molar-refractivity contribution in [2.45, 2.75) is 26.6 Å². The fraction of sp³-hybridized carbons (Fsp3) is 0.211. The molecule has 0 spiro atoms. The van der Waals surface area contributed by atoms with E-state index in [9.17, 15) is 13.2 Å². The van der Waals surface area contributed by atoms with Gasteiger partial charge in [0.25, 0.3) is 0 Å². The fourth-order valence-electron chi connectivity index (χ4n) is 2.11. The number of nitrogens with two attached hydrogens (primary N) is 1. The normalized spacial score (nSPS) is 10.7. The molecule has 0 aliphatic carbocycles. The Hall–Kier alpha value is -2.90. The van der Waals surface area contributed by atoms with Crippen LogP contribution in [-0.4, -0.2) is 8.07 Å². The third kappa shape index (κ3) is 4.01. The summed E-state index contributed by atoms with van der Waals surface area (Å²) in [6, 6.07) is 5.00. The van der Waals surface area contributed by atoms with Crippen molar-refractivity contribution in [3.63, 3.8) is 0 Å². The molecule has 7 heteroatoms. The van der Waals surface area contributed by atoms with Crippen molar-refractivity contribution in [1.29, 1.82) is 5.26 Å². The lowest BCUT2D eigenvalue weighted by molar-refractivity contribution is 0.413. The predicted molar refractivity (Wildman–Crippen MR) is 96.9 cm³/mol. The molecule has 2 rings (SSSR count). The maximum Gasteiger partial charge on any atom is 0.203 e. The maximum absolute atomic E-state index is 14.4. The van der Waals surface area contributed by atoms with E-state index in [2.05, 4.69) is 11.5 Å². The summed E-state index contributed by atoms with van der Waals surface area (Å²) in [5.74, 6) is -0.816. The molecule has 0 saturated heterocycles. The van der Waals surface area contributed by atoms with Crippen molar-refractivity contribution < 1.29 is 17.9 Å². The van der Waals surface area contributed by atoms with E-state index in [0.29, 0.717) is 0 Å². The molecule has 2 aromatic carbocycles. The van der Waals surface area contributed by atoms with Crippen LogP contribution in [0.15, 0.2) is 18.2 Å². The first-order valence-corrected chi connectivity index (χ1v) is 11.2. The molecule has 0 aromatic heterocycles. The number of benzene rings is 2. The Labute approximate surface area is 151 Å². The van der Waals surface area contributed by atoms with Crippen molar-refractivity contribution in [3.8, 4) is 29.0 Å². The summed E-state index contributed by atoms with van der Waals surface area (Å²) in [6.45, 7) is 7.53. The Morgan fingerprint density at radius 3 is 2.35 bits per heavy atom. The number of hydrogen-bond donors (Lipinski definition) is 1. The van der Waals surface area contributed by atoms with E-state index < -0.39 is 31.3 Å². The van der Waals surface area contributed by atoms with Crippen LogP contribution in [0.4, 0.5) is 18.9 Å². The SMILES string of the molecule is Cc1c(C#C[Si](C)(C)C)c(N)c(F)c(F)c1Oc1ccc(F)c(C#N)c1. The van der Waals surface area contributed by atoms with Crippen molar-refractivity contribution >= 4 is 13.8 Å². The first-order valence-electron chi connectivity index (χ1n) is 7.73. The van der Waals surface area contributed by atoms with Crippen LogP contribution in [0.3, 0.4) is 0 Å². The van der Waals surface area contributed by atoms with Gasteiger partial charge in [-0.25, -0.2) is 8.78 Å².